The lowest BCUT2D eigenvalue weighted by Gasteiger charge is -2.31. The number of hydrogen-bond donors (Lipinski definition) is 35. The van der Waals surface area contributed by atoms with Crippen molar-refractivity contribution in [2.24, 2.45) is 81.4 Å². The van der Waals surface area contributed by atoms with E-state index < -0.39 is 245 Å². The zero-order valence-corrected chi connectivity index (χ0v) is 84.7. The number of benzene rings is 2. The van der Waals surface area contributed by atoms with Crippen molar-refractivity contribution in [1.29, 1.82) is 32.5 Å². The summed E-state index contributed by atoms with van der Waals surface area (Å²) >= 11 is 0. The summed E-state index contributed by atoms with van der Waals surface area (Å²) in [6.45, 7) is 22.7. The lowest BCUT2D eigenvalue weighted by molar-refractivity contribution is -0.137. The second-order valence-electron chi connectivity index (χ2n) is 37.2. The van der Waals surface area contributed by atoms with Crippen LogP contribution in [-0.4, -0.2) is 266 Å². The molecular formula is C92H161N35O16. The Hall–Kier alpha value is -14.5. The highest BCUT2D eigenvalue weighted by molar-refractivity contribution is 6.01. The van der Waals surface area contributed by atoms with Crippen LogP contribution in [0.5, 0.6) is 0 Å². The van der Waals surface area contributed by atoms with Gasteiger partial charge in [0.05, 0.1) is 6.04 Å². The molecule has 0 aliphatic carbocycles. The molecule has 16 amide bonds. The number of nitrogens with one attached hydrogen (secondary N) is 27. The molecule has 43 N–H and O–H groups in total. The Kier molecular flexibility index (Phi) is 57.1. The SMILES string of the molecule is CC[C@H](C)[C@H](NC(=O)[C@H](Cc1ccccc1)NC(=O)[C@H](CCCNC(=N)N)NC(=O)[C@@H](NC(=O)[C@@H](NC(=O)[C@H](CCCNC(=N)N)NC(=O)[C@H](CCCNC(=N)N)NC(=O)[C@@H](NC(=O)[C@@H](NC(=O)[C@H](CCCNC(=N)N)NC(=O)[C@H](Cc1ccccc1)NC(=O)[C@@H](N)CC(C)C)C(C)C)C(C)C)C(C)C)C(C)C)C(=O)N[C@@H](CCCNC(=N)N)C(=O)N[C@@H](CCCNC(=N)N)C(=O)N[C@@H](C)C(=O)N[C@@H](C)C(N)=O. The fourth-order valence-corrected chi connectivity index (χ4v) is 14.6. The smallest absolute Gasteiger partial charge is 0.243 e. The Morgan fingerprint density at radius 3 is 0.727 bits per heavy atom. The Bertz CT molecular complexity index is 4550. The molecule has 800 valence electrons. The van der Waals surface area contributed by atoms with Crippen LogP contribution >= 0.6 is 0 Å². The molecular weight excluding hydrogens is 1850 g/mol. The number of carbonyl (C=O) groups excluding carboxylic acids is 16. The molecule has 0 saturated carbocycles. The molecule has 51 heteroatoms. The molecule has 2 aromatic rings. The third-order valence-corrected chi connectivity index (χ3v) is 22.9. The summed E-state index contributed by atoms with van der Waals surface area (Å²) in [6.07, 6.45) is -0.140. The van der Waals surface area contributed by atoms with Crippen LogP contribution < -0.4 is 158 Å². The first-order valence-electron chi connectivity index (χ1n) is 48.3. The maximum Gasteiger partial charge on any atom is 0.243 e. The molecule has 0 bridgehead atoms. The number of hydrogen-bond acceptors (Lipinski definition) is 23. The van der Waals surface area contributed by atoms with Crippen LogP contribution in [0, 0.1) is 68.0 Å². The summed E-state index contributed by atoms with van der Waals surface area (Å²) in [4.78, 5) is 231. The largest absolute Gasteiger partial charge is 0.370 e. The first-order valence-corrected chi connectivity index (χ1v) is 48.3. The van der Waals surface area contributed by atoms with E-state index in [1.165, 1.54) is 13.8 Å². The van der Waals surface area contributed by atoms with Gasteiger partial charge < -0.3 is 158 Å². The van der Waals surface area contributed by atoms with Crippen molar-refractivity contribution < 1.29 is 76.7 Å². The number of carbonyl (C=O) groups is 16. The van der Waals surface area contributed by atoms with Crippen LogP contribution in [0.15, 0.2) is 60.7 Å². The van der Waals surface area contributed by atoms with Gasteiger partial charge in [0.2, 0.25) is 94.5 Å². The second-order valence-corrected chi connectivity index (χ2v) is 37.2. The van der Waals surface area contributed by atoms with Crippen molar-refractivity contribution >= 4 is 130 Å². The maximum absolute atomic E-state index is 15.1. The molecule has 51 nitrogen and oxygen atoms in total. The summed E-state index contributed by atoms with van der Waals surface area (Å²) in [5, 5.41) is 102. The predicted molar refractivity (Wildman–Crippen MR) is 541 cm³/mol. The van der Waals surface area contributed by atoms with E-state index in [2.05, 4.69) is 112 Å². The first-order chi connectivity index (χ1) is 67.2. The molecule has 0 spiro atoms. The average Bonchev–Trinajstić information content (AvgIpc) is 0.816. The maximum atomic E-state index is 15.1. The molecule has 143 heavy (non-hydrogen) atoms. The standard InChI is InChI=1S/C92H161N35O16/c1-15-52(12)70(86(143)120-60(34-24-40-109-89(99)100)76(133)115-58(32-22-38-107-87(95)96)74(131)114-54(14)72(129)113-53(13)71(94)128)127-81(138)65(46-56-30-20-17-21-31-56)122-77(134)61(35-25-41-110-90(101)102)119-83(140)67(49(6)7)126-84(141)68(50(8)9)123-78(135)62(36-26-42-111-91(103)104)116-75(132)59(33-23-39-108-88(97)98)118-82(139)66(48(4)5)125-85(142)69(51(10)11)124-79(136)63(37-27-43-112-92(105)106)117-80(137)64(45-55-28-18-16-19-29-55)121-73(130)57(93)44-47(2)3/h16-21,28-31,47-54,57-70H,15,22-27,32-46,93H2,1-14H3,(H2,94,128)(H,113,129)(H,114,131)(H,115,133)(H,116,132)(H,117,137)(H,118,139)(H,119,140)(H,120,143)(H,121,130)(H,122,134)(H,123,135)(H,124,136)(H,125,142)(H,126,141)(H,127,138)(H4,95,96,107)(H4,97,98,108)(H4,99,100,109)(H4,101,102,110)(H4,103,104,111)(H4,105,106,112)/t52-,53-,54-,57-,58-,59-,60-,61-,62-,63-,64-,65-,66-,67-,68-,69-,70-/m0/s1. The second kappa shape index (κ2) is 65.5. The molecule has 17 atom stereocenters. The fourth-order valence-electron chi connectivity index (χ4n) is 14.6. The lowest BCUT2D eigenvalue weighted by Crippen LogP contribution is -2.62. The Labute approximate surface area is 836 Å². The van der Waals surface area contributed by atoms with E-state index in [4.69, 9.17) is 78.3 Å². The number of guanidine groups is 6. The van der Waals surface area contributed by atoms with E-state index in [0.717, 1.165) is 0 Å². The zero-order valence-electron chi connectivity index (χ0n) is 84.7. The monoisotopic (exact) mass is 2010 g/mol. The molecule has 2 aromatic carbocycles. The van der Waals surface area contributed by atoms with Gasteiger partial charge in [0.1, 0.15) is 90.6 Å². The molecule has 0 aliphatic heterocycles. The van der Waals surface area contributed by atoms with Crippen molar-refractivity contribution in [1.82, 2.24) is 112 Å². The summed E-state index contributed by atoms with van der Waals surface area (Å²) < 4.78 is 0. The normalized spacial score (nSPS) is 14.7. The van der Waals surface area contributed by atoms with E-state index in [0.29, 0.717) is 17.5 Å². The highest BCUT2D eigenvalue weighted by Crippen LogP contribution is 2.18. The summed E-state index contributed by atoms with van der Waals surface area (Å²) in [5.74, 6) is -20.0. The van der Waals surface area contributed by atoms with Crippen LogP contribution in [0.4, 0.5) is 0 Å². The average molecular weight is 2010 g/mol. The molecule has 0 aromatic heterocycles. The van der Waals surface area contributed by atoms with Crippen LogP contribution in [0.3, 0.4) is 0 Å². The van der Waals surface area contributed by atoms with Crippen molar-refractivity contribution in [2.45, 2.75) is 296 Å². The molecule has 0 unspecified atom stereocenters. The first kappa shape index (κ1) is 125. The third-order valence-electron chi connectivity index (χ3n) is 22.9. The number of nitrogens with two attached hydrogens (primary N) is 8. The van der Waals surface area contributed by atoms with Gasteiger partial charge in [-0.2, -0.15) is 0 Å². The summed E-state index contributed by atoms with van der Waals surface area (Å²) in [7, 11) is 0. The van der Waals surface area contributed by atoms with Gasteiger partial charge in [0.15, 0.2) is 35.8 Å². The minimum absolute atomic E-state index is 0.0000557. The summed E-state index contributed by atoms with van der Waals surface area (Å²) in [6, 6.07) is -5.14. The Morgan fingerprint density at radius 1 is 0.259 bits per heavy atom. The molecule has 0 saturated heterocycles. The molecule has 0 fully saturated rings. The van der Waals surface area contributed by atoms with Crippen LogP contribution in [0.25, 0.3) is 0 Å². The topological polar surface area (TPSA) is 877 Å². The zero-order chi connectivity index (χ0) is 108. The molecule has 0 radical (unpaired) electrons. The highest BCUT2D eigenvalue weighted by atomic mass is 16.2. The van der Waals surface area contributed by atoms with Crippen molar-refractivity contribution in [3.05, 3.63) is 71.8 Å². The van der Waals surface area contributed by atoms with E-state index in [1.54, 1.807) is 130 Å². The van der Waals surface area contributed by atoms with E-state index in [9.17, 15) is 57.5 Å². The Balaban J connectivity index is 2.71. The predicted octanol–water partition coefficient (Wildman–Crippen LogP) is -6.11. The van der Waals surface area contributed by atoms with Gasteiger partial charge >= 0.3 is 0 Å². The number of primary amides is 1. The van der Waals surface area contributed by atoms with Gasteiger partial charge in [0, 0.05) is 52.1 Å². The van der Waals surface area contributed by atoms with Crippen LogP contribution in [-0.2, 0) is 89.6 Å². The quantitative estimate of drug-likeness (QED) is 0.0166. The molecule has 0 aliphatic rings. The fraction of sp³-hybridized carbons (Fsp3) is 0.630. The van der Waals surface area contributed by atoms with Gasteiger partial charge in [0.25, 0.3) is 0 Å². The molecule has 0 heterocycles. The van der Waals surface area contributed by atoms with Crippen molar-refractivity contribution in [2.75, 3.05) is 39.3 Å². The van der Waals surface area contributed by atoms with Crippen molar-refractivity contribution in [3.63, 3.8) is 0 Å². The number of rotatable bonds is 67. The lowest BCUT2D eigenvalue weighted by atomic mass is 9.96. The van der Waals surface area contributed by atoms with E-state index in [1.807, 2.05) is 13.8 Å². The van der Waals surface area contributed by atoms with Gasteiger partial charge in [-0.1, -0.05) is 150 Å². The van der Waals surface area contributed by atoms with Crippen molar-refractivity contribution in [3.8, 4) is 0 Å². The highest BCUT2D eigenvalue weighted by Gasteiger charge is 2.41. The minimum atomic E-state index is -1.55. The number of amides is 16. The van der Waals surface area contributed by atoms with Crippen LogP contribution in [0.1, 0.15) is 198 Å². The summed E-state index contributed by atoms with van der Waals surface area (Å²) in [5.41, 5.74) is 46.3. The Morgan fingerprint density at radius 2 is 0.469 bits per heavy atom. The van der Waals surface area contributed by atoms with Gasteiger partial charge in [-0.05, 0) is 144 Å². The third kappa shape index (κ3) is 49.5. The van der Waals surface area contributed by atoms with Gasteiger partial charge in [-0.3, -0.25) is 109 Å². The van der Waals surface area contributed by atoms with Gasteiger partial charge in [-0.15, -0.1) is 0 Å². The van der Waals surface area contributed by atoms with E-state index >= 15 is 19.2 Å². The van der Waals surface area contributed by atoms with Crippen LogP contribution in [0.2, 0.25) is 0 Å². The minimum Gasteiger partial charge on any atom is -0.370 e. The molecule has 2 rings (SSSR count). The van der Waals surface area contributed by atoms with Gasteiger partial charge in [-0.25, -0.2) is 0 Å². The van der Waals surface area contributed by atoms with E-state index in [-0.39, 0.29) is 153 Å².